The largest absolute Gasteiger partial charge is 0.479 e. The molecule has 134 valence electrons. The summed E-state index contributed by atoms with van der Waals surface area (Å²) in [6.07, 6.45) is 9.00. The number of imidazole rings is 1. The van der Waals surface area contributed by atoms with Gasteiger partial charge in [-0.3, -0.25) is 13.9 Å². The first-order valence-corrected chi connectivity index (χ1v) is 8.34. The van der Waals surface area contributed by atoms with E-state index in [0.717, 1.165) is 5.56 Å². The van der Waals surface area contributed by atoms with Gasteiger partial charge in [0, 0.05) is 50.7 Å². The summed E-state index contributed by atoms with van der Waals surface area (Å²) in [4.78, 5) is 34.7. The van der Waals surface area contributed by atoms with Crippen molar-refractivity contribution in [3.63, 3.8) is 0 Å². The average Bonchev–Trinajstić information content (AvgIpc) is 3.27. The van der Waals surface area contributed by atoms with Crippen LogP contribution in [0.4, 0.5) is 0 Å². The van der Waals surface area contributed by atoms with Gasteiger partial charge >= 0.3 is 5.97 Å². The number of fused-ring (bicyclic) bond motifs is 1. The molecule has 0 saturated carbocycles. The van der Waals surface area contributed by atoms with Gasteiger partial charge in [-0.1, -0.05) is 0 Å². The molecule has 9 nitrogen and oxygen atoms in total. The topological polar surface area (TPSA) is 106 Å². The van der Waals surface area contributed by atoms with Gasteiger partial charge in [0.15, 0.2) is 5.54 Å². The second-order valence-electron chi connectivity index (χ2n) is 6.54. The second kappa shape index (κ2) is 5.94. The molecule has 0 aromatic carbocycles. The van der Waals surface area contributed by atoms with Crippen molar-refractivity contribution in [3.05, 3.63) is 48.3 Å². The number of carboxylic acid groups (broad SMARTS) is 1. The van der Waals surface area contributed by atoms with Crippen molar-refractivity contribution >= 4 is 17.7 Å². The van der Waals surface area contributed by atoms with Crippen LogP contribution in [-0.4, -0.2) is 59.1 Å². The molecule has 1 amide bonds. The van der Waals surface area contributed by atoms with Crippen molar-refractivity contribution in [2.75, 3.05) is 13.1 Å². The van der Waals surface area contributed by atoms with Crippen molar-refractivity contribution in [1.29, 1.82) is 0 Å². The van der Waals surface area contributed by atoms with Gasteiger partial charge in [-0.15, -0.1) is 0 Å². The lowest BCUT2D eigenvalue weighted by Gasteiger charge is -2.38. The number of likely N-dealkylation sites (tertiary alicyclic amines) is 1. The molecule has 1 saturated heterocycles. The molecule has 1 N–H and O–H groups in total. The molecule has 26 heavy (non-hydrogen) atoms. The first kappa shape index (κ1) is 16.2. The Labute approximate surface area is 148 Å². The van der Waals surface area contributed by atoms with E-state index >= 15 is 0 Å². The average molecular weight is 354 g/mol. The number of nitrogens with zero attached hydrogens (tertiary/aromatic N) is 6. The summed E-state index contributed by atoms with van der Waals surface area (Å²) in [5.74, 6) is -0.685. The Morgan fingerprint density at radius 1 is 1.23 bits per heavy atom. The maximum absolute atomic E-state index is 12.7. The minimum Gasteiger partial charge on any atom is -0.479 e. The SMILES string of the molecule is Cc1cnn(C2(C(=O)O)CCN(C(=O)c3cn4cccnc4n3)CC2)c1. The van der Waals surface area contributed by atoms with Crippen LogP contribution in [0.15, 0.2) is 37.1 Å². The third kappa shape index (κ3) is 2.52. The summed E-state index contributed by atoms with van der Waals surface area (Å²) in [6.45, 7) is 2.52. The number of carboxylic acids is 1. The molecular formula is C17H18N6O3. The minimum atomic E-state index is -1.12. The number of amides is 1. The Morgan fingerprint density at radius 2 is 2.00 bits per heavy atom. The summed E-state index contributed by atoms with van der Waals surface area (Å²) in [5.41, 5.74) is 0.0914. The Kier molecular flexibility index (Phi) is 3.71. The molecule has 1 aliphatic rings. The minimum absolute atomic E-state index is 0.217. The highest BCUT2D eigenvalue weighted by Crippen LogP contribution is 2.31. The Balaban J connectivity index is 1.55. The molecule has 1 fully saturated rings. The van der Waals surface area contributed by atoms with Gasteiger partial charge in [0.05, 0.1) is 6.20 Å². The highest BCUT2D eigenvalue weighted by atomic mass is 16.4. The number of rotatable bonds is 3. The lowest BCUT2D eigenvalue weighted by molar-refractivity contribution is -0.150. The van der Waals surface area contributed by atoms with E-state index in [2.05, 4.69) is 15.1 Å². The number of aryl methyl sites for hydroxylation is 1. The third-order valence-electron chi connectivity index (χ3n) is 4.88. The number of piperidine rings is 1. The van der Waals surface area contributed by atoms with Gasteiger partial charge in [-0.25, -0.2) is 14.8 Å². The second-order valence-corrected chi connectivity index (χ2v) is 6.54. The maximum atomic E-state index is 12.7. The molecule has 3 aromatic heterocycles. The van der Waals surface area contributed by atoms with E-state index in [1.54, 1.807) is 46.4 Å². The molecule has 4 rings (SSSR count). The number of aliphatic carboxylic acids is 1. The van der Waals surface area contributed by atoms with E-state index in [1.165, 1.54) is 4.68 Å². The third-order valence-corrected chi connectivity index (χ3v) is 4.88. The molecule has 0 spiro atoms. The van der Waals surface area contributed by atoms with Crippen LogP contribution in [0, 0.1) is 6.92 Å². The van der Waals surface area contributed by atoms with E-state index < -0.39 is 11.5 Å². The van der Waals surface area contributed by atoms with Gasteiger partial charge in [0.25, 0.3) is 5.91 Å². The van der Waals surface area contributed by atoms with Gasteiger partial charge in [0.1, 0.15) is 5.69 Å². The van der Waals surface area contributed by atoms with Crippen LogP contribution in [0.25, 0.3) is 5.78 Å². The molecule has 0 bridgehead atoms. The van der Waals surface area contributed by atoms with E-state index in [0.29, 0.717) is 37.4 Å². The van der Waals surface area contributed by atoms with Gasteiger partial charge in [0.2, 0.25) is 5.78 Å². The first-order chi connectivity index (χ1) is 12.5. The van der Waals surface area contributed by atoms with Gasteiger partial charge in [-0.2, -0.15) is 5.10 Å². The molecule has 1 aliphatic heterocycles. The summed E-state index contributed by atoms with van der Waals surface area (Å²) < 4.78 is 3.20. The lowest BCUT2D eigenvalue weighted by atomic mass is 9.87. The highest BCUT2D eigenvalue weighted by Gasteiger charge is 2.45. The number of carbonyl (C=O) groups is 2. The van der Waals surface area contributed by atoms with E-state index in [9.17, 15) is 14.7 Å². The fraction of sp³-hybridized carbons (Fsp3) is 0.353. The van der Waals surface area contributed by atoms with Crippen LogP contribution in [0.2, 0.25) is 0 Å². The van der Waals surface area contributed by atoms with E-state index in [4.69, 9.17) is 0 Å². The number of aromatic nitrogens is 5. The maximum Gasteiger partial charge on any atom is 0.331 e. The van der Waals surface area contributed by atoms with E-state index in [-0.39, 0.29) is 5.91 Å². The summed E-state index contributed by atoms with van der Waals surface area (Å²) in [5, 5.41) is 14.0. The van der Waals surface area contributed by atoms with Crippen LogP contribution >= 0.6 is 0 Å². The molecular weight excluding hydrogens is 336 g/mol. The monoisotopic (exact) mass is 354 g/mol. The Morgan fingerprint density at radius 3 is 2.62 bits per heavy atom. The molecule has 4 heterocycles. The summed E-state index contributed by atoms with van der Waals surface area (Å²) in [7, 11) is 0. The van der Waals surface area contributed by atoms with Crippen molar-refractivity contribution in [2.45, 2.75) is 25.3 Å². The highest BCUT2D eigenvalue weighted by molar-refractivity contribution is 5.93. The van der Waals surface area contributed by atoms with Crippen LogP contribution in [0.5, 0.6) is 0 Å². The predicted molar refractivity (Wildman–Crippen MR) is 90.7 cm³/mol. The van der Waals surface area contributed by atoms with Crippen LogP contribution in [-0.2, 0) is 10.3 Å². The number of carbonyl (C=O) groups excluding carboxylic acids is 1. The molecule has 9 heteroatoms. The molecule has 0 radical (unpaired) electrons. The molecule has 3 aromatic rings. The normalized spacial score (nSPS) is 16.7. The van der Waals surface area contributed by atoms with Crippen molar-refractivity contribution in [2.24, 2.45) is 0 Å². The molecule has 0 aliphatic carbocycles. The molecule has 0 atom stereocenters. The van der Waals surface area contributed by atoms with Crippen molar-refractivity contribution < 1.29 is 14.7 Å². The lowest BCUT2D eigenvalue weighted by Crippen LogP contribution is -2.52. The quantitative estimate of drug-likeness (QED) is 0.751. The summed E-state index contributed by atoms with van der Waals surface area (Å²) >= 11 is 0. The van der Waals surface area contributed by atoms with Crippen LogP contribution < -0.4 is 0 Å². The predicted octanol–water partition coefficient (Wildman–Crippen LogP) is 0.950. The smallest absolute Gasteiger partial charge is 0.331 e. The van der Waals surface area contributed by atoms with Crippen molar-refractivity contribution in [3.8, 4) is 0 Å². The van der Waals surface area contributed by atoms with Crippen LogP contribution in [0.1, 0.15) is 28.9 Å². The zero-order valence-corrected chi connectivity index (χ0v) is 14.2. The van der Waals surface area contributed by atoms with Gasteiger partial charge < -0.3 is 10.0 Å². The Bertz CT molecular complexity index is 950. The van der Waals surface area contributed by atoms with Crippen LogP contribution in [0.3, 0.4) is 0 Å². The Hall–Kier alpha value is -3.23. The zero-order chi connectivity index (χ0) is 18.3. The fourth-order valence-electron chi connectivity index (χ4n) is 3.36. The summed E-state index contributed by atoms with van der Waals surface area (Å²) in [6, 6.07) is 1.76. The number of hydrogen-bond donors (Lipinski definition) is 1. The zero-order valence-electron chi connectivity index (χ0n) is 14.2. The molecule has 0 unspecified atom stereocenters. The van der Waals surface area contributed by atoms with E-state index in [1.807, 2.05) is 6.92 Å². The first-order valence-electron chi connectivity index (χ1n) is 8.34. The standard InChI is InChI=1S/C17H18N6O3/c1-12-9-19-23(10-12)17(15(25)26)3-7-21(8-4-17)14(24)13-11-22-6-2-5-18-16(22)20-13/h2,5-6,9-11H,3-4,7-8H2,1H3,(H,25,26). The van der Waals surface area contributed by atoms with Gasteiger partial charge in [-0.05, 0) is 18.6 Å². The van der Waals surface area contributed by atoms with Crippen molar-refractivity contribution in [1.82, 2.24) is 29.0 Å². The number of hydrogen-bond acceptors (Lipinski definition) is 5. The fourth-order valence-corrected chi connectivity index (χ4v) is 3.36.